The number of rotatable bonds is 2. The second-order valence-corrected chi connectivity index (χ2v) is 5.99. The van der Waals surface area contributed by atoms with Gasteiger partial charge in [0.05, 0.1) is 5.56 Å². The molecule has 1 aromatic heterocycles. The van der Waals surface area contributed by atoms with E-state index >= 15 is 0 Å². The van der Waals surface area contributed by atoms with Gasteiger partial charge in [-0.2, -0.15) is 0 Å². The highest BCUT2D eigenvalue weighted by molar-refractivity contribution is 6.07. The highest BCUT2D eigenvalue weighted by Crippen LogP contribution is 2.23. The highest BCUT2D eigenvalue weighted by Gasteiger charge is 2.25. The third-order valence-corrected chi connectivity index (χ3v) is 4.42. The Bertz CT molecular complexity index is 653. The Labute approximate surface area is 124 Å². The molecule has 1 aromatic carbocycles. The lowest BCUT2D eigenvalue weighted by Gasteiger charge is -2.35. The minimum atomic E-state index is 0.114. The van der Waals surface area contributed by atoms with Gasteiger partial charge in [-0.05, 0) is 45.1 Å². The van der Waals surface area contributed by atoms with E-state index in [-0.39, 0.29) is 5.91 Å². The fourth-order valence-electron chi connectivity index (χ4n) is 3.08. The summed E-state index contributed by atoms with van der Waals surface area (Å²) in [6.07, 6.45) is 3.87. The Kier molecular flexibility index (Phi) is 3.59. The third kappa shape index (κ3) is 2.61. The molecule has 0 atom stereocenters. The lowest BCUT2D eigenvalue weighted by Crippen LogP contribution is -2.44. The first kappa shape index (κ1) is 13.9. The molecule has 3 N–H and O–H groups in total. The zero-order valence-electron chi connectivity index (χ0n) is 12.6. The highest BCUT2D eigenvalue weighted by atomic mass is 16.2. The molecule has 0 saturated carbocycles. The van der Waals surface area contributed by atoms with Gasteiger partial charge in [0.2, 0.25) is 0 Å². The number of likely N-dealkylation sites (tertiary alicyclic amines) is 1. The van der Waals surface area contributed by atoms with Gasteiger partial charge in [0.15, 0.2) is 0 Å². The van der Waals surface area contributed by atoms with Crippen LogP contribution in [0.4, 0.5) is 5.69 Å². The van der Waals surface area contributed by atoms with Crippen molar-refractivity contribution in [3.8, 4) is 0 Å². The average Bonchev–Trinajstić information content (AvgIpc) is 2.89. The number of carbonyl (C=O) groups is 1. The Morgan fingerprint density at radius 2 is 2.05 bits per heavy atom. The summed E-state index contributed by atoms with van der Waals surface area (Å²) < 4.78 is 0. The monoisotopic (exact) mass is 286 g/mol. The first-order valence-corrected chi connectivity index (χ1v) is 7.38. The number of nitrogens with one attached hydrogen (secondary N) is 1. The zero-order valence-corrected chi connectivity index (χ0v) is 12.6. The van der Waals surface area contributed by atoms with Gasteiger partial charge in [-0.25, -0.2) is 0 Å². The number of anilines is 1. The van der Waals surface area contributed by atoms with Crippen molar-refractivity contribution in [3.05, 3.63) is 30.0 Å². The molecule has 112 valence electrons. The van der Waals surface area contributed by atoms with Crippen molar-refractivity contribution in [1.82, 2.24) is 14.8 Å². The molecule has 3 rings (SSSR count). The molecule has 21 heavy (non-hydrogen) atoms. The largest absolute Gasteiger partial charge is 0.399 e. The summed E-state index contributed by atoms with van der Waals surface area (Å²) in [6.45, 7) is 1.65. The van der Waals surface area contributed by atoms with E-state index in [1.807, 2.05) is 23.1 Å². The van der Waals surface area contributed by atoms with Crippen molar-refractivity contribution >= 4 is 22.5 Å². The van der Waals surface area contributed by atoms with Crippen LogP contribution in [0, 0.1) is 0 Å². The maximum atomic E-state index is 12.7. The number of carbonyl (C=O) groups excluding carboxylic acids is 1. The van der Waals surface area contributed by atoms with Gasteiger partial charge >= 0.3 is 0 Å². The molecule has 0 unspecified atom stereocenters. The van der Waals surface area contributed by atoms with Crippen LogP contribution < -0.4 is 5.73 Å². The molecule has 1 fully saturated rings. The Morgan fingerprint density at radius 3 is 2.71 bits per heavy atom. The topological polar surface area (TPSA) is 65.4 Å². The Morgan fingerprint density at radius 1 is 1.33 bits per heavy atom. The number of aromatic nitrogens is 1. The lowest BCUT2D eigenvalue weighted by atomic mass is 10.0. The predicted octanol–water partition coefficient (Wildman–Crippen LogP) is 1.92. The number of hydrogen-bond acceptors (Lipinski definition) is 3. The molecular formula is C16H22N4O. The number of nitrogens with two attached hydrogens (primary N) is 1. The van der Waals surface area contributed by atoms with E-state index in [2.05, 4.69) is 24.0 Å². The number of nitrogen functional groups attached to an aromatic ring is 1. The van der Waals surface area contributed by atoms with Gasteiger partial charge in [-0.3, -0.25) is 4.79 Å². The van der Waals surface area contributed by atoms with Crippen LogP contribution in [-0.2, 0) is 0 Å². The molecule has 5 heteroatoms. The first-order valence-electron chi connectivity index (χ1n) is 7.38. The molecule has 1 aliphatic heterocycles. The number of amides is 1. The molecule has 0 spiro atoms. The number of H-pyrrole nitrogens is 1. The normalized spacial score (nSPS) is 16.8. The van der Waals surface area contributed by atoms with Gasteiger partial charge < -0.3 is 20.5 Å². The lowest BCUT2D eigenvalue weighted by molar-refractivity contribution is 0.0665. The van der Waals surface area contributed by atoms with E-state index in [1.165, 1.54) is 0 Å². The minimum Gasteiger partial charge on any atom is -0.399 e. The fourth-order valence-corrected chi connectivity index (χ4v) is 3.08. The standard InChI is InChI=1S/C16H22N4O/c1-19(2)12-5-7-20(8-6-12)16(21)14-10-18-15-9-11(17)3-4-13(14)15/h3-4,9-10,12,18H,5-8,17H2,1-2H3. The molecule has 1 amide bonds. The van der Waals surface area contributed by atoms with Crippen molar-refractivity contribution in [1.29, 1.82) is 0 Å². The van der Waals surface area contributed by atoms with Gasteiger partial charge in [0.25, 0.3) is 5.91 Å². The first-order chi connectivity index (χ1) is 10.1. The quantitative estimate of drug-likeness (QED) is 0.829. The van der Waals surface area contributed by atoms with Crippen LogP contribution in [0.2, 0.25) is 0 Å². The summed E-state index contributed by atoms with van der Waals surface area (Å²) in [7, 11) is 4.21. The number of fused-ring (bicyclic) bond motifs is 1. The summed E-state index contributed by atoms with van der Waals surface area (Å²) >= 11 is 0. The maximum Gasteiger partial charge on any atom is 0.256 e. The van der Waals surface area contributed by atoms with Crippen molar-refractivity contribution in [2.24, 2.45) is 0 Å². The Balaban J connectivity index is 1.79. The number of hydrogen-bond donors (Lipinski definition) is 2. The average molecular weight is 286 g/mol. The minimum absolute atomic E-state index is 0.114. The van der Waals surface area contributed by atoms with Crippen LogP contribution in [0.3, 0.4) is 0 Å². The second kappa shape index (κ2) is 5.41. The van der Waals surface area contributed by atoms with Crippen LogP contribution in [0.5, 0.6) is 0 Å². The van der Waals surface area contributed by atoms with Crippen molar-refractivity contribution in [2.75, 3.05) is 32.9 Å². The van der Waals surface area contributed by atoms with Crippen LogP contribution in [0.15, 0.2) is 24.4 Å². The third-order valence-electron chi connectivity index (χ3n) is 4.42. The van der Waals surface area contributed by atoms with Crippen molar-refractivity contribution in [2.45, 2.75) is 18.9 Å². The van der Waals surface area contributed by atoms with Crippen molar-refractivity contribution in [3.63, 3.8) is 0 Å². The summed E-state index contributed by atoms with van der Waals surface area (Å²) in [5.41, 5.74) is 8.14. The van der Waals surface area contributed by atoms with E-state index in [1.54, 1.807) is 6.20 Å². The fraction of sp³-hybridized carbons (Fsp3) is 0.438. The number of benzene rings is 1. The van der Waals surface area contributed by atoms with Gasteiger partial charge in [-0.15, -0.1) is 0 Å². The van der Waals surface area contributed by atoms with Crippen LogP contribution in [0.25, 0.3) is 10.9 Å². The second-order valence-electron chi connectivity index (χ2n) is 5.99. The van der Waals surface area contributed by atoms with Crippen LogP contribution in [0.1, 0.15) is 23.2 Å². The number of aromatic amines is 1. The number of nitrogens with zero attached hydrogens (tertiary/aromatic N) is 2. The smallest absolute Gasteiger partial charge is 0.256 e. The summed E-state index contributed by atoms with van der Waals surface area (Å²) in [5, 5.41) is 0.948. The molecule has 0 aliphatic carbocycles. The molecule has 0 radical (unpaired) electrons. The molecule has 0 bridgehead atoms. The molecule has 2 heterocycles. The number of piperidine rings is 1. The van der Waals surface area contributed by atoms with E-state index in [9.17, 15) is 4.79 Å². The van der Waals surface area contributed by atoms with Crippen LogP contribution in [-0.4, -0.2) is 53.9 Å². The SMILES string of the molecule is CN(C)C1CCN(C(=O)c2c[nH]c3cc(N)ccc23)CC1. The molecular weight excluding hydrogens is 264 g/mol. The molecule has 1 saturated heterocycles. The maximum absolute atomic E-state index is 12.7. The van der Waals surface area contributed by atoms with Crippen LogP contribution >= 0.6 is 0 Å². The molecule has 5 nitrogen and oxygen atoms in total. The van der Waals surface area contributed by atoms with Crippen molar-refractivity contribution < 1.29 is 4.79 Å². The van der Waals surface area contributed by atoms with E-state index in [4.69, 9.17) is 5.73 Å². The molecule has 1 aliphatic rings. The zero-order chi connectivity index (χ0) is 15.0. The predicted molar refractivity (Wildman–Crippen MR) is 85.3 cm³/mol. The van der Waals surface area contributed by atoms with Gasteiger partial charge in [-0.1, -0.05) is 0 Å². The summed E-state index contributed by atoms with van der Waals surface area (Å²) in [5.74, 6) is 0.114. The summed E-state index contributed by atoms with van der Waals surface area (Å²) in [6, 6.07) is 6.20. The van der Waals surface area contributed by atoms with E-state index < -0.39 is 0 Å². The van der Waals surface area contributed by atoms with E-state index in [0.29, 0.717) is 11.7 Å². The summed E-state index contributed by atoms with van der Waals surface area (Å²) in [4.78, 5) is 20.0. The Hall–Kier alpha value is -2.01. The van der Waals surface area contributed by atoms with Gasteiger partial charge in [0.1, 0.15) is 0 Å². The van der Waals surface area contributed by atoms with E-state index in [0.717, 1.165) is 42.4 Å². The molecule has 2 aromatic rings. The van der Waals surface area contributed by atoms with Gasteiger partial charge in [0, 0.05) is 41.9 Å².